The maximum Gasteiger partial charge on any atom is 0.387 e. The average Bonchev–Trinajstić information content (AvgIpc) is 2.90. The zero-order chi connectivity index (χ0) is 18.2. The molecule has 2 aromatic carbocycles. The molecule has 0 unspecified atom stereocenters. The van der Waals surface area contributed by atoms with Crippen molar-refractivity contribution < 1.29 is 26.8 Å². The van der Waals surface area contributed by atoms with E-state index in [-0.39, 0.29) is 22.8 Å². The Morgan fingerprint density at radius 2 is 1.96 bits per heavy atom. The molecule has 134 valence electrons. The second-order valence-electron chi connectivity index (χ2n) is 6.41. The van der Waals surface area contributed by atoms with Crippen LogP contribution in [0, 0.1) is 0 Å². The Morgan fingerprint density at radius 1 is 1.24 bits per heavy atom. The Labute approximate surface area is 144 Å². The third-order valence-electron chi connectivity index (χ3n) is 3.88. The summed E-state index contributed by atoms with van der Waals surface area (Å²) in [5.74, 6) is -0.648. The van der Waals surface area contributed by atoms with Crippen LogP contribution in [-0.2, 0) is 20.4 Å². The smallest absolute Gasteiger partial charge is 0.387 e. The summed E-state index contributed by atoms with van der Waals surface area (Å²) in [6.07, 6.45) is 0.130. The quantitative estimate of drug-likeness (QED) is 0.821. The standard InChI is InChI=1S/C17H17F2NO4S/c1-17(2)9-15(20-24-17)25(21,22)10-13-12-6-4-3-5-11(12)7-8-14(13)23-16(18)19/h3-8,16H,9-10H2,1-2H3. The van der Waals surface area contributed by atoms with E-state index >= 15 is 0 Å². The van der Waals surface area contributed by atoms with Crippen LogP contribution < -0.4 is 4.74 Å². The van der Waals surface area contributed by atoms with E-state index < -0.39 is 27.8 Å². The molecule has 0 bridgehead atoms. The van der Waals surface area contributed by atoms with Crippen molar-refractivity contribution in [2.24, 2.45) is 5.16 Å². The van der Waals surface area contributed by atoms with Crippen LogP contribution >= 0.6 is 0 Å². The number of nitrogens with zero attached hydrogens (tertiary/aromatic N) is 1. The van der Waals surface area contributed by atoms with Gasteiger partial charge in [-0.1, -0.05) is 35.5 Å². The fourth-order valence-electron chi connectivity index (χ4n) is 2.71. The number of alkyl halides is 2. The van der Waals surface area contributed by atoms with Crippen molar-refractivity contribution >= 4 is 25.7 Å². The summed E-state index contributed by atoms with van der Waals surface area (Å²) in [5, 5.41) is 4.86. The topological polar surface area (TPSA) is 65.0 Å². The molecule has 0 aromatic heterocycles. The summed E-state index contributed by atoms with van der Waals surface area (Å²) in [4.78, 5) is 5.12. The molecule has 0 fully saturated rings. The van der Waals surface area contributed by atoms with Gasteiger partial charge in [0, 0.05) is 12.0 Å². The van der Waals surface area contributed by atoms with Gasteiger partial charge in [-0.3, -0.25) is 0 Å². The number of fused-ring (bicyclic) bond motifs is 1. The largest absolute Gasteiger partial charge is 0.434 e. The van der Waals surface area contributed by atoms with Gasteiger partial charge in [0.1, 0.15) is 11.4 Å². The first kappa shape index (κ1) is 17.6. The monoisotopic (exact) mass is 369 g/mol. The summed E-state index contributed by atoms with van der Waals surface area (Å²) in [7, 11) is -3.83. The summed E-state index contributed by atoms with van der Waals surface area (Å²) < 4.78 is 55.4. The van der Waals surface area contributed by atoms with Crippen molar-refractivity contribution in [3.63, 3.8) is 0 Å². The molecule has 3 rings (SSSR count). The van der Waals surface area contributed by atoms with Crippen LogP contribution in [-0.4, -0.2) is 25.7 Å². The second-order valence-corrected chi connectivity index (χ2v) is 8.40. The van der Waals surface area contributed by atoms with Crippen LogP contribution in [0.5, 0.6) is 5.75 Å². The molecule has 5 nitrogen and oxygen atoms in total. The lowest BCUT2D eigenvalue weighted by Gasteiger charge is -2.15. The number of hydrogen-bond acceptors (Lipinski definition) is 5. The maximum atomic E-state index is 12.7. The van der Waals surface area contributed by atoms with Crippen molar-refractivity contribution in [1.82, 2.24) is 0 Å². The van der Waals surface area contributed by atoms with E-state index in [1.54, 1.807) is 44.2 Å². The summed E-state index contributed by atoms with van der Waals surface area (Å²) in [6, 6.07) is 9.92. The molecular formula is C17H17F2NO4S. The lowest BCUT2D eigenvalue weighted by molar-refractivity contribution is -0.0502. The Kier molecular flexibility index (Phi) is 4.40. The Morgan fingerprint density at radius 3 is 2.60 bits per heavy atom. The van der Waals surface area contributed by atoms with E-state index in [4.69, 9.17) is 4.84 Å². The highest BCUT2D eigenvalue weighted by Gasteiger charge is 2.36. The third-order valence-corrected chi connectivity index (χ3v) is 5.48. The van der Waals surface area contributed by atoms with Gasteiger partial charge in [-0.15, -0.1) is 0 Å². The molecule has 0 aliphatic carbocycles. The highest BCUT2D eigenvalue weighted by atomic mass is 32.2. The number of rotatable bonds is 4. The zero-order valence-corrected chi connectivity index (χ0v) is 14.5. The van der Waals surface area contributed by atoms with E-state index in [0.29, 0.717) is 5.39 Å². The van der Waals surface area contributed by atoms with Crippen LogP contribution in [0.1, 0.15) is 25.8 Å². The number of sulfone groups is 1. The number of benzene rings is 2. The maximum absolute atomic E-state index is 12.7. The summed E-state index contributed by atoms with van der Waals surface area (Å²) in [5.41, 5.74) is -0.519. The Bertz CT molecular complexity index is 939. The minimum atomic E-state index is -3.83. The minimum absolute atomic E-state index is 0.0894. The van der Waals surface area contributed by atoms with Gasteiger partial charge in [-0.2, -0.15) is 8.78 Å². The first-order valence-electron chi connectivity index (χ1n) is 7.61. The zero-order valence-electron chi connectivity index (χ0n) is 13.7. The van der Waals surface area contributed by atoms with Crippen LogP contribution in [0.3, 0.4) is 0 Å². The van der Waals surface area contributed by atoms with Crippen molar-refractivity contribution in [2.45, 2.75) is 38.2 Å². The molecule has 1 heterocycles. The SMILES string of the molecule is CC1(C)CC(S(=O)(=O)Cc2c(OC(F)F)ccc3ccccc23)=NO1. The van der Waals surface area contributed by atoms with Crippen molar-refractivity contribution in [3.05, 3.63) is 42.0 Å². The number of ether oxygens (including phenoxy) is 1. The van der Waals surface area contributed by atoms with Gasteiger partial charge in [-0.05, 0) is 30.7 Å². The van der Waals surface area contributed by atoms with Crippen LogP contribution in [0.15, 0.2) is 41.6 Å². The lowest BCUT2D eigenvalue weighted by atomic mass is 10.0. The van der Waals surface area contributed by atoms with Crippen molar-refractivity contribution in [3.8, 4) is 5.75 Å². The highest BCUT2D eigenvalue weighted by Crippen LogP contribution is 2.33. The molecule has 8 heteroatoms. The summed E-state index contributed by atoms with van der Waals surface area (Å²) in [6.45, 7) is 0.401. The van der Waals surface area contributed by atoms with Crippen LogP contribution in [0.2, 0.25) is 0 Å². The van der Waals surface area contributed by atoms with Crippen LogP contribution in [0.25, 0.3) is 10.8 Å². The summed E-state index contributed by atoms with van der Waals surface area (Å²) >= 11 is 0. The predicted molar refractivity (Wildman–Crippen MR) is 90.4 cm³/mol. The van der Waals surface area contributed by atoms with Gasteiger partial charge in [0.15, 0.2) is 14.9 Å². The minimum Gasteiger partial charge on any atom is -0.434 e. The Balaban J connectivity index is 2.05. The van der Waals surface area contributed by atoms with Gasteiger partial charge in [-0.25, -0.2) is 8.42 Å². The first-order valence-corrected chi connectivity index (χ1v) is 9.26. The molecule has 1 aliphatic rings. The average molecular weight is 369 g/mol. The fraction of sp³-hybridized carbons (Fsp3) is 0.353. The molecule has 0 spiro atoms. The van der Waals surface area contributed by atoms with Gasteiger partial charge in [0.05, 0.1) is 5.75 Å². The van der Waals surface area contributed by atoms with E-state index in [2.05, 4.69) is 9.89 Å². The number of hydrogen-bond donors (Lipinski definition) is 0. The molecule has 0 amide bonds. The number of oxime groups is 1. The fourth-order valence-corrected chi connectivity index (χ4v) is 4.28. The van der Waals surface area contributed by atoms with Crippen molar-refractivity contribution in [2.75, 3.05) is 0 Å². The molecular weight excluding hydrogens is 352 g/mol. The molecule has 1 aliphatic heterocycles. The molecule has 0 saturated heterocycles. The van der Waals surface area contributed by atoms with Gasteiger partial charge >= 0.3 is 6.61 Å². The van der Waals surface area contributed by atoms with E-state index in [0.717, 1.165) is 5.39 Å². The van der Waals surface area contributed by atoms with E-state index in [1.165, 1.54) is 6.07 Å². The molecule has 25 heavy (non-hydrogen) atoms. The molecule has 0 saturated carbocycles. The molecule has 2 aromatic rings. The lowest BCUT2D eigenvalue weighted by Crippen LogP contribution is -2.23. The first-order chi connectivity index (χ1) is 11.7. The highest BCUT2D eigenvalue weighted by molar-refractivity contribution is 8.05. The molecule has 0 N–H and O–H groups in total. The number of halogens is 2. The van der Waals surface area contributed by atoms with E-state index in [1.807, 2.05) is 0 Å². The van der Waals surface area contributed by atoms with Gasteiger partial charge in [0.25, 0.3) is 0 Å². The van der Waals surface area contributed by atoms with Gasteiger partial charge < -0.3 is 9.57 Å². The normalized spacial score (nSPS) is 16.8. The molecule has 0 atom stereocenters. The van der Waals surface area contributed by atoms with Crippen molar-refractivity contribution in [1.29, 1.82) is 0 Å². The predicted octanol–water partition coefficient (Wildman–Crippen LogP) is 3.87. The molecule has 0 radical (unpaired) electrons. The van der Waals surface area contributed by atoms with Crippen LogP contribution in [0.4, 0.5) is 8.78 Å². The third kappa shape index (κ3) is 3.73. The second kappa shape index (κ2) is 6.25. The van der Waals surface area contributed by atoms with E-state index in [9.17, 15) is 17.2 Å². The van der Waals surface area contributed by atoms with Gasteiger partial charge in [0.2, 0.25) is 0 Å². The Hall–Kier alpha value is -2.22.